The molecule has 0 bridgehead atoms. The minimum Gasteiger partial charge on any atom is -0.360 e. The number of carbonyl (C=O) groups is 1. The molecule has 2 aliphatic rings. The first-order valence-electron chi connectivity index (χ1n) is 9.64. The van der Waals surface area contributed by atoms with E-state index >= 15 is 0 Å². The molecule has 1 aromatic heterocycles. The molecule has 1 aromatic carbocycles. The summed E-state index contributed by atoms with van der Waals surface area (Å²) < 4.78 is 33.1. The summed E-state index contributed by atoms with van der Waals surface area (Å²) in [4.78, 5) is 14.8. The predicted octanol–water partition coefficient (Wildman–Crippen LogP) is 2.49. The molecule has 3 heterocycles. The molecule has 2 atom stereocenters. The minimum atomic E-state index is -3.70. The molecular formula is C20H25N3O4S. The second-order valence-corrected chi connectivity index (χ2v) is 9.58. The van der Waals surface area contributed by atoms with Gasteiger partial charge in [0.1, 0.15) is 10.6 Å². The predicted molar refractivity (Wildman–Crippen MR) is 103 cm³/mol. The fourth-order valence-electron chi connectivity index (χ4n) is 4.45. The number of rotatable bonds is 4. The van der Waals surface area contributed by atoms with E-state index in [0.29, 0.717) is 37.5 Å². The van der Waals surface area contributed by atoms with Gasteiger partial charge in [-0.2, -0.15) is 4.31 Å². The SMILES string of the molecule is Cc1noc(C)c1S(=O)(=O)N1C[C@H]2CCCC(=O)N(Cc3ccccc3)[C@H]2C1. The van der Waals surface area contributed by atoms with E-state index in [0.717, 1.165) is 18.4 Å². The van der Waals surface area contributed by atoms with Gasteiger partial charge in [0.25, 0.3) is 0 Å². The van der Waals surface area contributed by atoms with Crippen molar-refractivity contribution >= 4 is 15.9 Å². The Labute approximate surface area is 165 Å². The fourth-order valence-corrected chi connectivity index (χ4v) is 6.26. The lowest BCUT2D eigenvalue weighted by Crippen LogP contribution is -2.43. The highest BCUT2D eigenvalue weighted by Gasteiger charge is 2.45. The molecule has 7 nitrogen and oxygen atoms in total. The maximum Gasteiger partial charge on any atom is 0.248 e. The van der Waals surface area contributed by atoms with E-state index in [2.05, 4.69) is 5.16 Å². The van der Waals surface area contributed by atoms with Gasteiger partial charge in [-0.25, -0.2) is 8.42 Å². The quantitative estimate of drug-likeness (QED) is 0.783. The Bertz CT molecular complexity index is 951. The van der Waals surface area contributed by atoms with Gasteiger partial charge in [-0.1, -0.05) is 35.5 Å². The number of amides is 1. The molecule has 4 rings (SSSR count). The highest BCUT2D eigenvalue weighted by molar-refractivity contribution is 7.89. The van der Waals surface area contributed by atoms with Gasteiger partial charge < -0.3 is 9.42 Å². The summed E-state index contributed by atoms with van der Waals surface area (Å²) in [6.07, 6.45) is 2.18. The van der Waals surface area contributed by atoms with Crippen molar-refractivity contribution < 1.29 is 17.7 Å². The van der Waals surface area contributed by atoms with Gasteiger partial charge in [0.05, 0.1) is 0 Å². The normalized spacial score (nSPS) is 23.6. The van der Waals surface area contributed by atoms with Crippen molar-refractivity contribution in [3.05, 3.63) is 47.3 Å². The van der Waals surface area contributed by atoms with Crippen LogP contribution in [-0.2, 0) is 21.4 Å². The highest BCUT2D eigenvalue weighted by Crippen LogP contribution is 2.35. The van der Waals surface area contributed by atoms with Gasteiger partial charge in [-0.3, -0.25) is 4.79 Å². The van der Waals surface area contributed by atoms with E-state index < -0.39 is 10.0 Å². The molecule has 150 valence electrons. The van der Waals surface area contributed by atoms with Crippen LogP contribution >= 0.6 is 0 Å². The minimum absolute atomic E-state index is 0.105. The summed E-state index contributed by atoms with van der Waals surface area (Å²) >= 11 is 0. The molecule has 1 amide bonds. The lowest BCUT2D eigenvalue weighted by atomic mass is 9.98. The van der Waals surface area contributed by atoms with Crippen molar-refractivity contribution in [1.29, 1.82) is 0 Å². The molecule has 2 fully saturated rings. The van der Waals surface area contributed by atoms with Gasteiger partial charge in [0.15, 0.2) is 5.76 Å². The Kier molecular flexibility index (Phi) is 5.01. The molecular weight excluding hydrogens is 378 g/mol. The zero-order valence-electron chi connectivity index (χ0n) is 16.2. The number of benzene rings is 1. The average molecular weight is 404 g/mol. The van der Waals surface area contributed by atoms with Crippen LogP contribution in [0.3, 0.4) is 0 Å². The molecule has 28 heavy (non-hydrogen) atoms. The molecule has 2 saturated heterocycles. The van der Waals surface area contributed by atoms with E-state index in [1.165, 1.54) is 4.31 Å². The van der Waals surface area contributed by atoms with E-state index in [4.69, 9.17) is 4.52 Å². The molecule has 2 aromatic rings. The van der Waals surface area contributed by atoms with Gasteiger partial charge in [-0.05, 0) is 38.2 Å². The summed E-state index contributed by atoms with van der Waals surface area (Å²) in [6.45, 7) is 4.51. The van der Waals surface area contributed by atoms with Crippen LogP contribution in [0.1, 0.15) is 36.3 Å². The van der Waals surface area contributed by atoms with Crippen molar-refractivity contribution in [3.63, 3.8) is 0 Å². The van der Waals surface area contributed by atoms with Crippen molar-refractivity contribution in [2.45, 2.75) is 50.6 Å². The summed E-state index contributed by atoms with van der Waals surface area (Å²) in [5.41, 5.74) is 1.44. The first-order valence-corrected chi connectivity index (χ1v) is 11.1. The van der Waals surface area contributed by atoms with Gasteiger partial charge >= 0.3 is 0 Å². The number of sulfonamides is 1. The summed E-state index contributed by atoms with van der Waals surface area (Å²) in [5, 5.41) is 3.80. The topological polar surface area (TPSA) is 83.7 Å². The summed E-state index contributed by atoms with van der Waals surface area (Å²) in [5.74, 6) is 0.556. The monoisotopic (exact) mass is 403 g/mol. The van der Waals surface area contributed by atoms with Crippen molar-refractivity contribution in [3.8, 4) is 0 Å². The van der Waals surface area contributed by atoms with Crippen LogP contribution in [0.4, 0.5) is 0 Å². The largest absolute Gasteiger partial charge is 0.360 e. The van der Waals surface area contributed by atoms with Crippen LogP contribution in [0.15, 0.2) is 39.8 Å². The standard InChI is InChI=1S/C20H25N3O4S/c1-14-20(15(2)27-21-14)28(25,26)22-12-17-9-6-10-19(24)23(18(17)13-22)11-16-7-4-3-5-8-16/h3-5,7-8,17-18H,6,9-13H2,1-2H3/t17-,18+/m1/s1. The second-order valence-electron chi connectivity index (χ2n) is 7.70. The van der Waals surface area contributed by atoms with Crippen LogP contribution in [-0.4, -0.2) is 47.8 Å². The molecule has 0 radical (unpaired) electrons. The maximum absolute atomic E-state index is 13.2. The van der Waals surface area contributed by atoms with E-state index in [9.17, 15) is 13.2 Å². The third-order valence-electron chi connectivity index (χ3n) is 5.82. The summed E-state index contributed by atoms with van der Waals surface area (Å²) in [7, 11) is -3.70. The molecule has 0 aliphatic carbocycles. The Morgan fingerprint density at radius 2 is 1.93 bits per heavy atom. The highest BCUT2D eigenvalue weighted by atomic mass is 32.2. The van der Waals surface area contributed by atoms with Crippen molar-refractivity contribution in [2.24, 2.45) is 5.92 Å². The lowest BCUT2D eigenvalue weighted by molar-refractivity contribution is -0.133. The molecule has 0 N–H and O–H groups in total. The first kappa shape index (κ1) is 19.1. The smallest absolute Gasteiger partial charge is 0.248 e. The lowest BCUT2D eigenvalue weighted by Gasteiger charge is -2.30. The molecule has 0 saturated carbocycles. The number of carbonyl (C=O) groups excluding carboxylic acids is 1. The fraction of sp³-hybridized carbons (Fsp3) is 0.500. The zero-order valence-corrected chi connectivity index (χ0v) is 17.0. The Morgan fingerprint density at radius 3 is 2.61 bits per heavy atom. The van der Waals surface area contributed by atoms with Gasteiger partial charge in [0.2, 0.25) is 15.9 Å². The maximum atomic E-state index is 13.2. The number of fused-ring (bicyclic) bond motifs is 1. The van der Waals surface area contributed by atoms with Crippen molar-refractivity contribution in [2.75, 3.05) is 13.1 Å². The molecule has 0 unspecified atom stereocenters. The van der Waals surface area contributed by atoms with Crippen LogP contribution in [0.25, 0.3) is 0 Å². The molecule has 2 aliphatic heterocycles. The number of likely N-dealkylation sites (tertiary alicyclic amines) is 1. The number of hydrogen-bond acceptors (Lipinski definition) is 5. The average Bonchev–Trinajstić information content (AvgIpc) is 3.21. The third kappa shape index (κ3) is 3.35. The van der Waals surface area contributed by atoms with E-state index in [-0.39, 0.29) is 22.8 Å². The van der Waals surface area contributed by atoms with Gasteiger partial charge in [0, 0.05) is 32.1 Å². The number of aryl methyl sites for hydroxylation is 2. The Balaban J connectivity index is 1.62. The first-order chi connectivity index (χ1) is 13.4. The van der Waals surface area contributed by atoms with Crippen LogP contribution in [0.5, 0.6) is 0 Å². The van der Waals surface area contributed by atoms with E-state index in [1.54, 1.807) is 13.8 Å². The molecule has 8 heteroatoms. The number of aromatic nitrogens is 1. The van der Waals surface area contributed by atoms with Gasteiger partial charge in [-0.15, -0.1) is 0 Å². The third-order valence-corrected chi connectivity index (χ3v) is 7.90. The zero-order chi connectivity index (χ0) is 19.9. The molecule has 0 spiro atoms. The summed E-state index contributed by atoms with van der Waals surface area (Å²) in [6, 6.07) is 9.76. The van der Waals surface area contributed by atoms with Crippen LogP contribution in [0, 0.1) is 19.8 Å². The Morgan fingerprint density at radius 1 is 1.18 bits per heavy atom. The Hall–Kier alpha value is -2.19. The van der Waals surface area contributed by atoms with Crippen LogP contribution in [0.2, 0.25) is 0 Å². The van der Waals surface area contributed by atoms with Crippen molar-refractivity contribution in [1.82, 2.24) is 14.4 Å². The second kappa shape index (κ2) is 7.33. The van der Waals surface area contributed by atoms with Crippen LogP contribution < -0.4 is 0 Å². The number of nitrogens with zero attached hydrogens (tertiary/aromatic N) is 3. The van der Waals surface area contributed by atoms with E-state index in [1.807, 2.05) is 35.2 Å². The number of hydrogen-bond donors (Lipinski definition) is 0.